The average molecular weight is 328 g/mol. The Balaban J connectivity index is 1.79. The molecule has 1 aliphatic rings. The second-order valence-corrected chi connectivity index (χ2v) is 6.30. The maximum Gasteiger partial charge on any atom is 0.0968 e. The zero-order valence-electron chi connectivity index (χ0n) is 13.1. The molecule has 3 N–H and O–H groups in total. The van der Waals surface area contributed by atoms with E-state index in [1.807, 2.05) is 18.2 Å². The van der Waals surface area contributed by atoms with Crippen molar-refractivity contribution in [1.82, 2.24) is 5.32 Å². The van der Waals surface area contributed by atoms with E-state index in [1.54, 1.807) is 0 Å². The van der Waals surface area contributed by atoms with Crippen LogP contribution >= 0.6 is 11.6 Å². The molecule has 1 unspecified atom stereocenters. The van der Waals surface area contributed by atoms with Gasteiger partial charge >= 0.3 is 0 Å². The number of aryl methyl sites for hydroxylation is 1. The van der Waals surface area contributed by atoms with Gasteiger partial charge in [0, 0.05) is 13.0 Å². The summed E-state index contributed by atoms with van der Waals surface area (Å²) in [5.74, 6) is 1.09. The van der Waals surface area contributed by atoms with E-state index in [0.717, 1.165) is 43.6 Å². The van der Waals surface area contributed by atoms with E-state index in [0.29, 0.717) is 10.7 Å². The molecule has 0 spiro atoms. The van der Waals surface area contributed by atoms with Crippen LogP contribution < -0.4 is 11.1 Å². The van der Waals surface area contributed by atoms with Gasteiger partial charge in [0.25, 0.3) is 0 Å². The van der Waals surface area contributed by atoms with Crippen LogP contribution in [-0.2, 0) is 6.42 Å². The van der Waals surface area contributed by atoms with E-state index in [2.05, 4.69) is 40.6 Å². The van der Waals surface area contributed by atoms with Gasteiger partial charge in [0.2, 0.25) is 0 Å². The number of halogens is 1. The van der Waals surface area contributed by atoms with E-state index in [1.165, 1.54) is 5.56 Å². The van der Waals surface area contributed by atoms with Crippen molar-refractivity contribution < 1.29 is 0 Å². The molecule has 0 saturated heterocycles. The number of nitrogen functional groups attached to an aromatic ring is 1. The molecule has 2 aromatic carbocycles. The Labute approximate surface area is 142 Å². The summed E-state index contributed by atoms with van der Waals surface area (Å²) in [5, 5.41) is 4.20. The molecule has 1 atom stereocenters. The third-order valence-corrected chi connectivity index (χ3v) is 4.57. The van der Waals surface area contributed by atoms with Gasteiger partial charge in [-0.2, -0.15) is 0 Å². The Morgan fingerprint density at radius 1 is 1.13 bits per heavy atom. The largest absolute Gasteiger partial charge is 0.397 e. The van der Waals surface area contributed by atoms with Crippen molar-refractivity contribution in [2.75, 3.05) is 12.3 Å². The van der Waals surface area contributed by atoms with E-state index < -0.39 is 0 Å². The fraction of sp³-hybridized carbons (Fsp3) is 0.316. The highest BCUT2D eigenvalue weighted by Gasteiger charge is 2.18. The Morgan fingerprint density at radius 2 is 1.96 bits per heavy atom. The molecule has 4 heteroatoms. The summed E-state index contributed by atoms with van der Waals surface area (Å²) in [5.41, 5.74) is 9.27. The van der Waals surface area contributed by atoms with Gasteiger partial charge in [-0.3, -0.25) is 4.99 Å². The lowest BCUT2D eigenvalue weighted by Crippen LogP contribution is -2.28. The Bertz CT molecular complexity index is 682. The second kappa shape index (κ2) is 7.51. The molecular weight excluding hydrogens is 306 g/mol. The number of benzene rings is 2. The van der Waals surface area contributed by atoms with Gasteiger partial charge in [-0.05, 0) is 36.5 Å². The summed E-state index contributed by atoms with van der Waals surface area (Å²) in [6.45, 7) is 0.915. The maximum atomic E-state index is 6.21. The molecule has 2 aromatic rings. The maximum absolute atomic E-state index is 6.21. The lowest BCUT2D eigenvalue weighted by Gasteiger charge is -2.22. The molecule has 0 saturated carbocycles. The van der Waals surface area contributed by atoms with Crippen LogP contribution in [-0.4, -0.2) is 12.4 Å². The molecule has 0 amide bonds. The highest BCUT2D eigenvalue weighted by Crippen LogP contribution is 2.30. The van der Waals surface area contributed by atoms with E-state index in [4.69, 9.17) is 17.3 Å². The number of anilines is 1. The van der Waals surface area contributed by atoms with Crippen molar-refractivity contribution in [3.63, 3.8) is 0 Å². The number of hydrogen-bond acceptors (Lipinski definition) is 3. The number of hydrogen-bond donors (Lipinski definition) is 2. The molecule has 0 bridgehead atoms. The van der Waals surface area contributed by atoms with Crippen LogP contribution in [0.2, 0.25) is 5.02 Å². The summed E-state index contributed by atoms with van der Waals surface area (Å²) in [6.07, 6.45) is 4.08. The van der Waals surface area contributed by atoms with Crippen molar-refractivity contribution in [1.29, 1.82) is 0 Å². The SMILES string of the molecule is Nc1c(Cl)cccc1C(CCc1ccccc1)NC1=NCCC1. The molecule has 3 nitrogen and oxygen atoms in total. The summed E-state index contributed by atoms with van der Waals surface area (Å²) < 4.78 is 0. The minimum Gasteiger partial charge on any atom is -0.397 e. The molecule has 0 aromatic heterocycles. The van der Waals surface area contributed by atoms with Crippen molar-refractivity contribution >= 4 is 23.1 Å². The van der Waals surface area contributed by atoms with Gasteiger partial charge in [-0.15, -0.1) is 0 Å². The van der Waals surface area contributed by atoms with E-state index >= 15 is 0 Å². The monoisotopic (exact) mass is 327 g/mol. The molecule has 23 heavy (non-hydrogen) atoms. The van der Waals surface area contributed by atoms with Gasteiger partial charge < -0.3 is 11.1 Å². The number of nitrogens with one attached hydrogen (secondary N) is 1. The third kappa shape index (κ3) is 4.05. The predicted octanol–water partition coefficient (Wildman–Crippen LogP) is 4.38. The van der Waals surface area contributed by atoms with Gasteiger partial charge in [-0.25, -0.2) is 0 Å². The van der Waals surface area contributed by atoms with Crippen LogP contribution in [0.1, 0.15) is 36.4 Å². The molecule has 0 aliphatic carbocycles. The summed E-state index contributed by atoms with van der Waals surface area (Å²) >= 11 is 6.21. The molecular formula is C19H22ClN3. The van der Waals surface area contributed by atoms with Crippen LogP contribution in [0.15, 0.2) is 53.5 Å². The Kier molecular flexibility index (Phi) is 5.19. The lowest BCUT2D eigenvalue weighted by atomic mass is 9.97. The number of nitrogens with two attached hydrogens (primary N) is 1. The predicted molar refractivity (Wildman–Crippen MR) is 98.0 cm³/mol. The molecule has 3 rings (SSSR count). The highest BCUT2D eigenvalue weighted by atomic mass is 35.5. The van der Waals surface area contributed by atoms with Crippen LogP contribution in [0.3, 0.4) is 0 Å². The summed E-state index contributed by atoms with van der Waals surface area (Å²) in [4.78, 5) is 4.54. The average Bonchev–Trinajstić information content (AvgIpc) is 3.08. The van der Waals surface area contributed by atoms with Gasteiger partial charge in [0.05, 0.1) is 22.6 Å². The minimum absolute atomic E-state index is 0.130. The summed E-state index contributed by atoms with van der Waals surface area (Å²) in [6, 6.07) is 16.5. The number of amidine groups is 1. The molecule has 0 fully saturated rings. The first-order chi connectivity index (χ1) is 11.2. The zero-order chi connectivity index (χ0) is 16.1. The molecule has 1 aliphatic heterocycles. The topological polar surface area (TPSA) is 50.4 Å². The quantitative estimate of drug-likeness (QED) is 0.801. The number of para-hydroxylation sites is 1. The van der Waals surface area contributed by atoms with Crippen molar-refractivity contribution in [2.45, 2.75) is 31.7 Å². The van der Waals surface area contributed by atoms with Crippen LogP contribution in [0, 0.1) is 0 Å². The first-order valence-electron chi connectivity index (χ1n) is 8.11. The standard InChI is InChI=1S/C19H22ClN3/c20-16-9-4-8-15(19(16)21)17(23-18-10-5-13-22-18)12-11-14-6-2-1-3-7-14/h1-4,6-9,17H,5,10-13,21H2,(H,22,23). The Hall–Kier alpha value is -2.00. The van der Waals surface area contributed by atoms with Crippen LogP contribution in [0.5, 0.6) is 0 Å². The minimum atomic E-state index is 0.130. The number of nitrogens with zero attached hydrogens (tertiary/aromatic N) is 1. The normalized spacial score (nSPS) is 15.3. The van der Waals surface area contributed by atoms with Crippen molar-refractivity contribution in [3.05, 3.63) is 64.7 Å². The molecule has 0 radical (unpaired) electrons. The van der Waals surface area contributed by atoms with E-state index in [9.17, 15) is 0 Å². The summed E-state index contributed by atoms with van der Waals surface area (Å²) in [7, 11) is 0. The molecule has 1 heterocycles. The van der Waals surface area contributed by atoms with Gasteiger partial charge in [-0.1, -0.05) is 54.1 Å². The zero-order valence-corrected chi connectivity index (χ0v) is 13.9. The third-order valence-electron chi connectivity index (χ3n) is 4.24. The first kappa shape index (κ1) is 15.9. The highest BCUT2D eigenvalue weighted by molar-refractivity contribution is 6.33. The second-order valence-electron chi connectivity index (χ2n) is 5.90. The van der Waals surface area contributed by atoms with Crippen LogP contribution in [0.25, 0.3) is 0 Å². The van der Waals surface area contributed by atoms with E-state index in [-0.39, 0.29) is 6.04 Å². The lowest BCUT2D eigenvalue weighted by molar-refractivity contribution is 0.589. The smallest absolute Gasteiger partial charge is 0.0968 e. The fourth-order valence-electron chi connectivity index (χ4n) is 2.98. The molecule has 120 valence electrons. The van der Waals surface area contributed by atoms with Crippen molar-refractivity contribution in [2.24, 2.45) is 4.99 Å². The van der Waals surface area contributed by atoms with Crippen LogP contribution in [0.4, 0.5) is 5.69 Å². The van der Waals surface area contributed by atoms with Crippen molar-refractivity contribution in [3.8, 4) is 0 Å². The number of aliphatic imine (C=N–C) groups is 1. The fourth-order valence-corrected chi connectivity index (χ4v) is 3.16. The Morgan fingerprint density at radius 3 is 2.70 bits per heavy atom. The first-order valence-corrected chi connectivity index (χ1v) is 8.49. The van der Waals surface area contributed by atoms with Gasteiger partial charge in [0.15, 0.2) is 0 Å². The van der Waals surface area contributed by atoms with Gasteiger partial charge in [0.1, 0.15) is 0 Å². The number of rotatable bonds is 5.